The van der Waals surface area contributed by atoms with E-state index in [0.29, 0.717) is 6.54 Å². The predicted octanol–water partition coefficient (Wildman–Crippen LogP) is 4.69. The Morgan fingerprint density at radius 3 is 2.33 bits per heavy atom. The highest BCUT2D eigenvalue weighted by molar-refractivity contribution is 5.98. The lowest BCUT2D eigenvalue weighted by Gasteiger charge is -2.20. The second-order valence-electron chi connectivity index (χ2n) is 8.12. The van der Waals surface area contributed by atoms with Gasteiger partial charge in [0.1, 0.15) is 0 Å². The van der Waals surface area contributed by atoms with E-state index >= 15 is 0 Å². The average Bonchev–Trinajstić information content (AvgIpc) is 2.79. The number of benzene rings is 2. The minimum atomic E-state index is -0.0704. The van der Waals surface area contributed by atoms with Gasteiger partial charge in [-0.05, 0) is 67.1 Å². The van der Waals surface area contributed by atoms with E-state index in [-0.39, 0.29) is 24.5 Å². The molecule has 4 nitrogen and oxygen atoms in total. The van der Waals surface area contributed by atoms with E-state index in [1.54, 1.807) is 0 Å². The molecular formula is C26H34N2O2. The van der Waals surface area contributed by atoms with Crippen molar-refractivity contribution in [1.29, 1.82) is 0 Å². The van der Waals surface area contributed by atoms with Crippen LogP contribution in [0.15, 0.2) is 42.5 Å². The Hall–Kier alpha value is -2.46. The molecule has 0 unspecified atom stereocenters. The summed E-state index contributed by atoms with van der Waals surface area (Å²) in [7, 11) is 0. The Morgan fingerprint density at radius 1 is 0.900 bits per heavy atom. The summed E-state index contributed by atoms with van der Waals surface area (Å²) >= 11 is 0. The summed E-state index contributed by atoms with van der Waals surface area (Å²) in [5.41, 5.74) is 5.80. The first-order valence-corrected chi connectivity index (χ1v) is 11.3. The maximum Gasteiger partial charge on any atom is 0.220 e. The number of carbonyl (C=O) groups excluding carboxylic acids is 2. The zero-order valence-corrected chi connectivity index (χ0v) is 18.4. The molecule has 0 heterocycles. The number of fused-ring (bicyclic) bond motifs is 1. The van der Waals surface area contributed by atoms with Crippen molar-refractivity contribution < 1.29 is 9.59 Å². The standard InChI is InChI=1S/C26H34N2O2/c1-3-28(4-2)19-24-12-8-7-11-23(24)18-27-26(30)16-15-25(29)22-14-13-20-9-5-6-10-21(20)17-22/h7-8,11-14,17H,3-6,9-10,15-16,18-19H2,1-2H3,(H,27,30). The van der Waals surface area contributed by atoms with Gasteiger partial charge in [0.05, 0.1) is 0 Å². The highest BCUT2D eigenvalue weighted by Gasteiger charge is 2.14. The van der Waals surface area contributed by atoms with Crippen LogP contribution in [0.5, 0.6) is 0 Å². The Kier molecular flexibility index (Phi) is 8.21. The summed E-state index contributed by atoms with van der Waals surface area (Å²) in [4.78, 5) is 27.3. The number of hydrogen-bond donors (Lipinski definition) is 1. The summed E-state index contributed by atoms with van der Waals surface area (Å²) in [5.74, 6) is -0.0144. The SMILES string of the molecule is CCN(CC)Cc1ccccc1CNC(=O)CCC(=O)c1ccc2c(c1)CCCC2. The molecule has 0 radical (unpaired) electrons. The van der Waals surface area contributed by atoms with Gasteiger partial charge in [-0.3, -0.25) is 14.5 Å². The number of aryl methyl sites for hydroxylation is 2. The van der Waals surface area contributed by atoms with Gasteiger partial charge in [0.15, 0.2) is 5.78 Å². The summed E-state index contributed by atoms with van der Waals surface area (Å²) in [6, 6.07) is 14.3. The number of hydrogen-bond acceptors (Lipinski definition) is 3. The third-order valence-corrected chi connectivity index (χ3v) is 6.13. The van der Waals surface area contributed by atoms with Crippen LogP contribution in [-0.2, 0) is 30.7 Å². The first-order valence-electron chi connectivity index (χ1n) is 11.3. The Morgan fingerprint density at radius 2 is 1.60 bits per heavy atom. The van der Waals surface area contributed by atoms with Crippen LogP contribution in [-0.4, -0.2) is 29.7 Å². The highest BCUT2D eigenvalue weighted by Crippen LogP contribution is 2.23. The summed E-state index contributed by atoms with van der Waals surface area (Å²) < 4.78 is 0. The molecule has 0 aliphatic heterocycles. The van der Waals surface area contributed by atoms with Crippen LogP contribution in [0.4, 0.5) is 0 Å². The first kappa shape index (κ1) is 22.2. The minimum absolute atomic E-state index is 0.0560. The van der Waals surface area contributed by atoms with Crippen molar-refractivity contribution >= 4 is 11.7 Å². The lowest BCUT2D eigenvalue weighted by atomic mass is 9.89. The van der Waals surface area contributed by atoms with Gasteiger partial charge in [-0.15, -0.1) is 0 Å². The summed E-state index contributed by atoms with van der Waals surface area (Å²) in [5, 5.41) is 3.00. The fraction of sp³-hybridized carbons (Fsp3) is 0.462. The van der Waals surface area contributed by atoms with Crippen molar-refractivity contribution in [1.82, 2.24) is 10.2 Å². The van der Waals surface area contributed by atoms with Crippen molar-refractivity contribution in [2.45, 2.75) is 65.5 Å². The van der Waals surface area contributed by atoms with E-state index in [9.17, 15) is 9.59 Å². The molecule has 0 saturated carbocycles. The van der Waals surface area contributed by atoms with Crippen LogP contribution >= 0.6 is 0 Å². The third kappa shape index (κ3) is 6.02. The molecule has 2 aromatic rings. The fourth-order valence-electron chi connectivity index (χ4n) is 4.13. The minimum Gasteiger partial charge on any atom is -0.352 e. The average molecular weight is 407 g/mol. The fourth-order valence-corrected chi connectivity index (χ4v) is 4.13. The Bertz CT molecular complexity index is 871. The van der Waals surface area contributed by atoms with E-state index in [2.05, 4.69) is 42.3 Å². The molecule has 0 saturated heterocycles. The Balaban J connectivity index is 1.50. The molecule has 4 heteroatoms. The molecule has 30 heavy (non-hydrogen) atoms. The molecule has 3 rings (SSSR count). The summed E-state index contributed by atoms with van der Waals surface area (Å²) in [6.45, 7) is 7.71. The maximum absolute atomic E-state index is 12.6. The lowest BCUT2D eigenvalue weighted by molar-refractivity contribution is -0.121. The number of Topliss-reactive ketones (excluding diaryl/α,β-unsaturated/α-hetero) is 1. The van der Waals surface area contributed by atoms with Crippen molar-refractivity contribution in [2.24, 2.45) is 0 Å². The van der Waals surface area contributed by atoms with Crippen LogP contribution in [0.1, 0.15) is 72.1 Å². The second kappa shape index (κ2) is 11.1. The predicted molar refractivity (Wildman–Crippen MR) is 122 cm³/mol. The smallest absolute Gasteiger partial charge is 0.220 e. The zero-order chi connectivity index (χ0) is 21.3. The second-order valence-corrected chi connectivity index (χ2v) is 8.12. The van der Waals surface area contributed by atoms with E-state index in [0.717, 1.165) is 43.6 Å². The monoisotopic (exact) mass is 406 g/mol. The van der Waals surface area contributed by atoms with Gasteiger partial charge in [-0.1, -0.05) is 50.2 Å². The number of carbonyl (C=O) groups is 2. The van der Waals surface area contributed by atoms with Crippen LogP contribution < -0.4 is 5.32 Å². The quantitative estimate of drug-likeness (QED) is 0.583. The topological polar surface area (TPSA) is 49.4 Å². The molecule has 2 aromatic carbocycles. The summed E-state index contributed by atoms with van der Waals surface area (Å²) in [6.07, 6.45) is 5.09. The lowest BCUT2D eigenvalue weighted by Crippen LogP contribution is -2.26. The number of ketones is 1. The van der Waals surface area contributed by atoms with E-state index in [1.165, 1.54) is 29.5 Å². The maximum atomic E-state index is 12.6. The van der Waals surface area contributed by atoms with E-state index < -0.39 is 0 Å². The number of nitrogens with zero attached hydrogens (tertiary/aromatic N) is 1. The van der Waals surface area contributed by atoms with Gasteiger partial charge < -0.3 is 5.32 Å². The van der Waals surface area contributed by atoms with E-state index in [1.807, 2.05) is 24.3 Å². The number of amides is 1. The van der Waals surface area contributed by atoms with Crippen LogP contribution in [0.3, 0.4) is 0 Å². The molecule has 0 bridgehead atoms. The van der Waals surface area contributed by atoms with Gasteiger partial charge in [-0.25, -0.2) is 0 Å². The molecule has 0 atom stereocenters. The Labute approximate surface area is 180 Å². The molecule has 1 amide bonds. The molecule has 0 spiro atoms. The molecule has 1 N–H and O–H groups in total. The molecule has 0 fully saturated rings. The molecule has 160 valence electrons. The third-order valence-electron chi connectivity index (χ3n) is 6.13. The van der Waals surface area contributed by atoms with Crippen LogP contribution in [0.25, 0.3) is 0 Å². The van der Waals surface area contributed by atoms with Gasteiger partial charge in [0, 0.05) is 31.5 Å². The van der Waals surface area contributed by atoms with E-state index in [4.69, 9.17) is 0 Å². The van der Waals surface area contributed by atoms with Crippen molar-refractivity contribution in [3.63, 3.8) is 0 Å². The van der Waals surface area contributed by atoms with Crippen molar-refractivity contribution in [3.05, 3.63) is 70.3 Å². The van der Waals surface area contributed by atoms with Crippen molar-refractivity contribution in [2.75, 3.05) is 13.1 Å². The van der Waals surface area contributed by atoms with Gasteiger partial charge in [0.25, 0.3) is 0 Å². The molecule has 1 aliphatic rings. The van der Waals surface area contributed by atoms with Crippen LogP contribution in [0.2, 0.25) is 0 Å². The highest BCUT2D eigenvalue weighted by atomic mass is 16.2. The molecule has 1 aliphatic carbocycles. The van der Waals surface area contributed by atoms with Gasteiger partial charge in [-0.2, -0.15) is 0 Å². The van der Waals surface area contributed by atoms with Gasteiger partial charge >= 0.3 is 0 Å². The number of nitrogens with one attached hydrogen (secondary N) is 1. The molecular weight excluding hydrogens is 372 g/mol. The number of rotatable bonds is 10. The first-order chi connectivity index (χ1) is 14.6. The van der Waals surface area contributed by atoms with Crippen molar-refractivity contribution in [3.8, 4) is 0 Å². The normalized spacial score (nSPS) is 13.2. The molecule has 0 aromatic heterocycles. The van der Waals surface area contributed by atoms with Gasteiger partial charge in [0.2, 0.25) is 5.91 Å². The largest absolute Gasteiger partial charge is 0.352 e. The van der Waals surface area contributed by atoms with Crippen LogP contribution in [0, 0.1) is 0 Å². The zero-order valence-electron chi connectivity index (χ0n) is 18.4.